The Morgan fingerprint density at radius 1 is 0.949 bits per heavy atom. The minimum Gasteiger partial charge on any atom is -0.499 e. The zero-order chi connectivity index (χ0) is 29.3. The van der Waals surface area contributed by atoms with E-state index in [9.17, 15) is 9.59 Å². The normalized spacial score (nSPS) is 17.9. The minimum absolute atomic E-state index is 0.0308. The Bertz CT molecular complexity index is 1210. The van der Waals surface area contributed by atoms with Crippen molar-refractivity contribution in [3.05, 3.63) is 106 Å². The van der Waals surface area contributed by atoms with E-state index in [4.69, 9.17) is 9.47 Å². The Kier molecular flexibility index (Phi) is 11.5. The van der Waals surface area contributed by atoms with Crippen molar-refractivity contribution in [3.8, 4) is 0 Å². The van der Waals surface area contributed by atoms with E-state index in [-0.39, 0.29) is 17.5 Å². The quantitative estimate of drug-likeness (QED) is 0.178. The van der Waals surface area contributed by atoms with E-state index >= 15 is 0 Å². The highest BCUT2D eigenvalue weighted by molar-refractivity contribution is 6.16. The molecule has 1 aliphatic rings. The Morgan fingerprint density at radius 3 is 2.05 bits per heavy atom. The lowest BCUT2D eigenvalue weighted by molar-refractivity contribution is -0.126. The highest BCUT2D eigenvalue weighted by Gasteiger charge is 2.52. The molecule has 0 aliphatic heterocycles. The second kappa shape index (κ2) is 14.1. The maximum Gasteiger partial charge on any atom is 0.200 e. The Balaban J connectivity index is 2.98. The van der Waals surface area contributed by atoms with E-state index in [1.54, 1.807) is 19.2 Å². The van der Waals surface area contributed by atoms with E-state index in [1.807, 2.05) is 65.8 Å². The molecule has 0 N–H and O–H groups in total. The minimum atomic E-state index is -1.09. The van der Waals surface area contributed by atoms with Crippen LogP contribution in [0.1, 0.15) is 84.0 Å². The molecule has 0 aromatic heterocycles. The molecule has 39 heavy (non-hydrogen) atoms. The van der Waals surface area contributed by atoms with Crippen molar-refractivity contribution < 1.29 is 19.1 Å². The molecular formula is C35H46O4. The summed E-state index contributed by atoms with van der Waals surface area (Å²) < 4.78 is 12.0. The van der Waals surface area contributed by atoms with Crippen molar-refractivity contribution in [2.24, 2.45) is 11.3 Å². The second-order valence-electron chi connectivity index (χ2n) is 11.2. The van der Waals surface area contributed by atoms with Gasteiger partial charge in [-0.05, 0) is 79.6 Å². The van der Waals surface area contributed by atoms with Crippen LogP contribution in [0.5, 0.6) is 0 Å². The van der Waals surface area contributed by atoms with Crippen molar-refractivity contribution in [3.63, 3.8) is 0 Å². The molecule has 0 amide bonds. The number of Topliss-reactive ketones (excluding diaryl/α,β-unsaturated/α-hetero) is 2. The maximum absolute atomic E-state index is 14.7. The van der Waals surface area contributed by atoms with E-state index in [1.165, 1.54) is 7.11 Å². The predicted octanol–water partition coefficient (Wildman–Crippen LogP) is 8.89. The molecule has 0 bridgehead atoms. The number of carbonyl (C=O) groups is 2. The summed E-state index contributed by atoms with van der Waals surface area (Å²) in [7, 11) is 3.07. The summed E-state index contributed by atoms with van der Waals surface area (Å²) in [6.07, 6.45) is 6.99. The molecule has 0 saturated carbocycles. The fourth-order valence-electron chi connectivity index (χ4n) is 5.14. The first-order valence-electron chi connectivity index (χ1n) is 13.7. The summed E-state index contributed by atoms with van der Waals surface area (Å²) in [4.78, 5) is 28.9. The molecule has 0 saturated heterocycles. The van der Waals surface area contributed by atoms with Crippen molar-refractivity contribution >= 4 is 11.6 Å². The molecule has 0 fully saturated rings. The van der Waals surface area contributed by atoms with Gasteiger partial charge in [0.05, 0.1) is 19.6 Å². The average Bonchev–Trinajstić information content (AvgIpc) is 2.89. The van der Waals surface area contributed by atoms with Crippen LogP contribution in [0.2, 0.25) is 0 Å². The second-order valence-corrected chi connectivity index (χ2v) is 11.2. The van der Waals surface area contributed by atoms with E-state index in [0.29, 0.717) is 47.5 Å². The van der Waals surface area contributed by atoms with Crippen LogP contribution >= 0.6 is 0 Å². The van der Waals surface area contributed by atoms with Gasteiger partial charge in [0.25, 0.3) is 0 Å². The summed E-state index contributed by atoms with van der Waals surface area (Å²) in [5.74, 6) is 0.422. The Labute approximate surface area is 235 Å². The molecule has 0 radical (unpaired) electrons. The summed E-state index contributed by atoms with van der Waals surface area (Å²) >= 11 is 0. The number of allylic oxidation sites excluding steroid dienone is 9. The number of hydrogen-bond acceptors (Lipinski definition) is 4. The summed E-state index contributed by atoms with van der Waals surface area (Å²) in [5.41, 5.74) is 4.52. The van der Waals surface area contributed by atoms with Gasteiger partial charge in [0.2, 0.25) is 0 Å². The first-order valence-corrected chi connectivity index (χ1v) is 13.7. The van der Waals surface area contributed by atoms with Crippen molar-refractivity contribution in [1.82, 2.24) is 0 Å². The fraction of sp³-hybridized carbons (Fsp3) is 0.429. The van der Waals surface area contributed by atoms with Crippen LogP contribution in [-0.4, -0.2) is 25.8 Å². The van der Waals surface area contributed by atoms with Gasteiger partial charge in [-0.25, -0.2) is 0 Å². The number of rotatable bonds is 14. The zero-order valence-electron chi connectivity index (χ0n) is 25.2. The molecule has 0 heterocycles. The Hall–Kier alpha value is -3.40. The van der Waals surface area contributed by atoms with Crippen molar-refractivity contribution in [1.29, 1.82) is 0 Å². The lowest BCUT2D eigenvalue weighted by Gasteiger charge is -2.41. The van der Waals surface area contributed by atoms with Gasteiger partial charge in [0.15, 0.2) is 11.6 Å². The van der Waals surface area contributed by atoms with Crippen molar-refractivity contribution in [2.75, 3.05) is 14.2 Å². The average molecular weight is 531 g/mol. The third-order valence-electron chi connectivity index (χ3n) is 7.33. The molecule has 2 atom stereocenters. The van der Waals surface area contributed by atoms with Crippen LogP contribution in [0.3, 0.4) is 0 Å². The van der Waals surface area contributed by atoms with Gasteiger partial charge in [-0.3, -0.25) is 9.59 Å². The molecule has 1 aromatic rings. The topological polar surface area (TPSA) is 52.6 Å². The lowest BCUT2D eigenvalue weighted by Crippen LogP contribution is -2.42. The summed E-state index contributed by atoms with van der Waals surface area (Å²) in [5, 5.41) is 0. The van der Waals surface area contributed by atoms with Crippen LogP contribution in [0.15, 0.2) is 101 Å². The maximum atomic E-state index is 14.7. The van der Waals surface area contributed by atoms with Gasteiger partial charge < -0.3 is 9.47 Å². The van der Waals surface area contributed by atoms with Crippen LogP contribution in [0, 0.1) is 11.3 Å². The van der Waals surface area contributed by atoms with Crippen LogP contribution in [0.25, 0.3) is 0 Å². The third kappa shape index (κ3) is 7.59. The van der Waals surface area contributed by atoms with E-state index in [2.05, 4.69) is 19.2 Å². The molecule has 0 spiro atoms. The molecule has 210 valence electrons. The summed E-state index contributed by atoms with van der Waals surface area (Å²) in [6, 6.07) is 9.10. The van der Waals surface area contributed by atoms with Gasteiger partial charge in [-0.15, -0.1) is 6.58 Å². The van der Waals surface area contributed by atoms with Crippen molar-refractivity contribution in [2.45, 2.75) is 73.6 Å². The zero-order valence-corrected chi connectivity index (χ0v) is 25.2. The largest absolute Gasteiger partial charge is 0.499 e. The SMILES string of the molecule is C=C(C)CCC(CC1(CC=C(C)C)C(=O)C(CC=C(C)C)=C(OC)C(C(=O)c2ccccc2)=C1OC)C(=C)C. The van der Waals surface area contributed by atoms with Crippen LogP contribution in [0.4, 0.5) is 0 Å². The van der Waals surface area contributed by atoms with Gasteiger partial charge in [-0.2, -0.15) is 0 Å². The monoisotopic (exact) mass is 530 g/mol. The van der Waals surface area contributed by atoms with Crippen LogP contribution < -0.4 is 0 Å². The molecule has 1 aliphatic carbocycles. The molecule has 2 rings (SSSR count). The highest BCUT2D eigenvalue weighted by Crippen LogP contribution is 2.51. The van der Waals surface area contributed by atoms with Gasteiger partial charge in [0.1, 0.15) is 17.1 Å². The van der Waals surface area contributed by atoms with Gasteiger partial charge in [-0.1, -0.05) is 71.4 Å². The number of benzene rings is 1. The highest BCUT2D eigenvalue weighted by atomic mass is 16.5. The van der Waals surface area contributed by atoms with Crippen LogP contribution in [-0.2, 0) is 14.3 Å². The summed E-state index contributed by atoms with van der Waals surface area (Å²) in [6.45, 7) is 20.4. The molecule has 4 nitrogen and oxygen atoms in total. The molecule has 1 aromatic carbocycles. The van der Waals surface area contributed by atoms with E-state index in [0.717, 1.165) is 35.1 Å². The Morgan fingerprint density at radius 2 is 1.56 bits per heavy atom. The van der Waals surface area contributed by atoms with E-state index < -0.39 is 5.41 Å². The first-order chi connectivity index (χ1) is 18.4. The number of hydrogen-bond donors (Lipinski definition) is 0. The lowest BCUT2D eigenvalue weighted by atomic mass is 9.63. The standard InChI is InChI=1S/C35H46O4/c1-23(2)16-18-28(26(7)8)22-35(21-20-25(5)6)33(37)29(19-17-24(3)4)32(38-9)30(34(35)39-10)31(36)27-14-12-11-13-15-27/h11-15,17,20,28H,1,7,16,18-19,21-22H2,2-6,8-10H3. The van der Waals surface area contributed by atoms with Gasteiger partial charge in [0, 0.05) is 11.1 Å². The fourth-order valence-corrected chi connectivity index (χ4v) is 5.14. The number of ether oxygens (including phenoxy) is 2. The number of methoxy groups -OCH3 is 2. The van der Waals surface area contributed by atoms with Gasteiger partial charge >= 0.3 is 0 Å². The first kappa shape index (κ1) is 31.8. The molecular weight excluding hydrogens is 484 g/mol. The third-order valence-corrected chi connectivity index (χ3v) is 7.33. The number of carbonyl (C=O) groups excluding carboxylic acids is 2. The molecule has 4 heteroatoms. The predicted molar refractivity (Wildman–Crippen MR) is 161 cm³/mol. The number of ketones is 2. The smallest absolute Gasteiger partial charge is 0.200 e. The molecule has 2 unspecified atom stereocenters.